The van der Waals surface area contributed by atoms with Crippen LogP contribution in [0.15, 0.2) is 18.2 Å². The molecule has 1 aromatic rings. The third-order valence-corrected chi connectivity index (χ3v) is 3.62. The highest BCUT2D eigenvalue weighted by molar-refractivity contribution is 5.47. The number of anilines is 1. The molecule has 2 bridgehead atoms. The van der Waals surface area contributed by atoms with E-state index in [4.69, 9.17) is 10.5 Å². The fourth-order valence-electron chi connectivity index (χ4n) is 2.80. The lowest BCUT2D eigenvalue weighted by atomic mass is 10.1. The van der Waals surface area contributed by atoms with Crippen LogP contribution in [-0.2, 0) is 11.3 Å². The van der Waals surface area contributed by atoms with Crippen molar-refractivity contribution in [2.24, 2.45) is 0 Å². The topological polar surface area (TPSA) is 58.7 Å². The predicted molar refractivity (Wildman–Crippen MR) is 65.7 cm³/mol. The Morgan fingerprint density at radius 1 is 1.29 bits per heavy atom. The molecule has 17 heavy (non-hydrogen) atoms. The van der Waals surface area contributed by atoms with E-state index in [0.29, 0.717) is 23.6 Å². The first-order chi connectivity index (χ1) is 8.20. The summed E-state index contributed by atoms with van der Waals surface area (Å²) in [5.74, 6) is 0.332. The lowest BCUT2D eigenvalue weighted by Gasteiger charge is -2.32. The standard InChI is InChI=1S/C13H18N2O2/c14-10-1-4-13(16)9(5-10)6-15-7-11-2-3-12(8-15)17-11/h1,4-5,11-12,16H,2-3,6-8,14H2. The Labute approximate surface area is 101 Å². The number of benzene rings is 1. The summed E-state index contributed by atoms with van der Waals surface area (Å²) in [5.41, 5.74) is 7.36. The van der Waals surface area contributed by atoms with Crippen LogP contribution in [0, 0.1) is 0 Å². The van der Waals surface area contributed by atoms with Crippen molar-refractivity contribution < 1.29 is 9.84 Å². The summed E-state index contributed by atoms with van der Waals surface area (Å²) < 4.78 is 5.79. The van der Waals surface area contributed by atoms with E-state index < -0.39 is 0 Å². The lowest BCUT2D eigenvalue weighted by molar-refractivity contribution is -0.0412. The summed E-state index contributed by atoms with van der Waals surface area (Å²) in [6.45, 7) is 2.68. The molecule has 0 spiro atoms. The van der Waals surface area contributed by atoms with Crippen LogP contribution in [0.5, 0.6) is 5.75 Å². The number of hydrogen-bond donors (Lipinski definition) is 2. The van der Waals surface area contributed by atoms with Crippen LogP contribution < -0.4 is 5.73 Å². The number of nitrogens with zero attached hydrogens (tertiary/aromatic N) is 1. The zero-order chi connectivity index (χ0) is 11.8. The van der Waals surface area contributed by atoms with Gasteiger partial charge in [-0.1, -0.05) is 0 Å². The number of fused-ring (bicyclic) bond motifs is 2. The SMILES string of the molecule is Nc1ccc(O)c(CN2CC3CCC(C2)O3)c1. The minimum absolute atomic E-state index is 0.332. The molecule has 2 aliphatic heterocycles. The Balaban J connectivity index is 1.72. The fourth-order valence-corrected chi connectivity index (χ4v) is 2.80. The summed E-state index contributed by atoms with van der Waals surface area (Å²) >= 11 is 0. The van der Waals surface area contributed by atoms with E-state index >= 15 is 0 Å². The molecule has 92 valence electrons. The molecule has 0 saturated carbocycles. The zero-order valence-electron chi connectivity index (χ0n) is 9.80. The summed E-state index contributed by atoms with van der Waals surface area (Å²) in [7, 11) is 0. The fraction of sp³-hybridized carbons (Fsp3) is 0.538. The molecule has 2 heterocycles. The first-order valence-electron chi connectivity index (χ1n) is 6.16. The van der Waals surface area contributed by atoms with Crippen LogP contribution in [0.1, 0.15) is 18.4 Å². The van der Waals surface area contributed by atoms with Gasteiger partial charge in [0.25, 0.3) is 0 Å². The molecule has 3 rings (SSSR count). The molecule has 3 N–H and O–H groups in total. The second kappa shape index (κ2) is 4.20. The van der Waals surface area contributed by atoms with Crippen molar-refractivity contribution in [1.29, 1.82) is 0 Å². The van der Waals surface area contributed by atoms with E-state index in [1.165, 1.54) is 12.8 Å². The maximum Gasteiger partial charge on any atom is 0.120 e. The van der Waals surface area contributed by atoms with Crippen LogP contribution >= 0.6 is 0 Å². The Hall–Kier alpha value is -1.26. The second-order valence-corrected chi connectivity index (χ2v) is 5.04. The number of nitrogen functional groups attached to an aromatic ring is 1. The van der Waals surface area contributed by atoms with Crippen molar-refractivity contribution in [3.05, 3.63) is 23.8 Å². The number of likely N-dealkylation sites (tertiary alicyclic amines) is 1. The van der Waals surface area contributed by atoms with E-state index in [1.807, 2.05) is 6.07 Å². The minimum atomic E-state index is 0.332. The summed E-state index contributed by atoms with van der Waals surface area (Å²) in [6.07, 6.45) is 3.11. The molecule has 2 saturated heterocycles. The Morgan fingerprint density at radius 2 is 2.00 bits per heavy atom. The quantitative estimate of drug-likeness (QED) is 0.599. The van der Waals surface area contributed by atoms with Crippen LogP contribution in [0.4, 0.5) is 5.69 Å². The maximum absolute atomic E-state index is 9.80. The highest BCUT2D eigenvalue weighted by Crippen LogP contribution is 2.29. The normalized spacial score (nSPS) is 28.5. The number of phenolic OH excluding ortho intramolecular Hbond substituents is 1. The third-order valence-electron chi connectivity index (χ3n) is 3.62. The number of morpholine rings is 1. The molecule has 4 nitrogen and oxygen atoms in total. The highest BCUT2D eigenvalue weighted by Gasteiger charge is 2.33. The summed E-state index contributed by atoms with van der Waals surface area (Å²) in [4.78, 5) is 2.35. The Morgan fingerprint density at radius 3 is 2.71 bits per heavy atom. The van der Waals surface area contributed by atoms with Gasteiger partial charge in [-0.3, -0.25) is 4.90 Å². The summed E-state index contributed by atoms with van der Waals surface area (Å²) in [5, 5.41) is 9.80. The largest absolute Gasteiger partial charge is 0.508 e. The predicted octanol–water partition coefficient (Wildman–Crippen LogP) is 1.34. The zero-order valence-corrected chi connectivity index (χ0v) is 9.80. The van der Waals surface area contributed by atoms with Gasteiger partial charge < -0.3 is 15.6 Å². The van der Waals surface area contributed by atoms with Crippen LogP contribution in [0.25, 0.3) is 0 Å². The molecular formula is C13H18N2O2. The van der Waals surface area contributed by atoms with Gasteiger partial charge in [0.15, 0.2) is 0 Å². The van der Waals surface area contributed by atoms with Crippen molar-refractivity contribution in [2.75, 3.05) is 18.8 Å². The number of ether oxygens (including phenoxy) is 1. The molecule has 4 heteroatoms. The molecule has 0 aromatic heterocycles. The number of aromatic hydroxyl groups is 1. The molecule has 2 atom stereocenters. The number of hydrogen-bond acceptors (Lipinski definition) is 4. The van der Waals surface area contributed by atoms with Crippen molar-refractivity contribution in [2.45, 2.75) is 31.6 Å². The van der Waals surface area contributed by atoms with Crippen LogP contribution in [-0.4, -0.2) is 35.3 Å². The van der Waals surface area contributed by atoms with Crippen LogP contribution in [0.3, 0.4) is 0 Å². The van der Waals surface area contributed by atoms with E-state index in [2.05, 4.69) is 4.90 Å². The first kappa shape index (κ1) is 10.9. The van der Waals surface area contributed by atoms with Gasteiger partial charge in [0.1, 0.15) is 5.75 Å². The van der Waals surface area contributed by atoms with Gasteiger partial charge in [0.05, 0.1) is 12.2 Å². The maximum atomic E-state index is 9.80. The number of phenols is 1. The van der Waals surface area contributed by atoms with E-state index in [-0.39, 0.29) is 0 Å². The Kier molecular flexibility index (Phi) is 2.68. The minimum Gasteiger partial charge on any atom is -0.508 e. The van der Waals surface area contributed by atoms with Gasteiger partial charge in [0, 0.05) is 30.9 Å². The number of nitrogens with two attached hydrogens (primary N) is 1. The average Bonchev–Trinajstić information content (AvgIpc) is 2.63. The van der Waals surface area contributed by atoms with Crippen molar-refractivity contribution in [1.82, 2.24) is 4.90 Å². The average molecular weight is 234 g/mol. The lowest BCUT2D eigenvalue weighted by Crippen LogP contribution is -2.41. The van der Waals surface area contributed by atoms with Crippen molar-refractivity contribution >= 4 is 5.69 Å². The van der Waals surface area contributed by atoms with Gasteiger partial charge in [0.2, 0.25) is 0 Å². The smallest absolute Gasteiger partial charge is 0.120 e. The van der Waals surface area contributed by atoms with E-state index in [0.717, 1.165) is 25.2 Å². The van der Waals surface area contributed by atoms with Gasteiger partial charge in [-0.2, -0.15) is 0 Å². The summed E-state index contributed by atoms with van der Waals surface area (Å²) in [6, 6.07) is 5.24. The molecule has 2 unspecified atom stereocenters. The molecular weight excluding hydrogens is 216 g/mol. The number of rotatable bonds is 2. The molecule has 2 aliphatic rings. The van der Waals surface area contributed by atoms with Crippen LogP contribution in [0.2, 0.25) is 0 Å². The monoisotopic (exact) mass is 234 g/mol. The third kappa shape index (κ3) is 2.23. The van der Waals surface area contributed by atoms with Gasteiger partial charge in [-0.05, 0) is 31.0 Å². The van der Waals surface area contributed by atoms with E-state index in [9.17, 15) is 5.11 Å². The van der Waals surface area contributed by atoms with Gasteiger partial charge in [-0.25, -0.2) is 0 Å². The van der Waals surface area contributed by atoms with Gasteiger partial charge >= 0.3 is 0 Å². The van der Waals surface area contributed by atoms with Crippen molar-refractivity contribution in [3.63, 3.8) is 0 Å². The highest BCUT2D eigenvalue weighted by atomic mass is 16.5. The van der Waals surface area contributed by atoms with E-state index in [1.54, 1.807) is 12.1 Å². The van der Waals surface area contributed by atoms with Gasteiger partial charge in [-0.15, -0.1) is 0 Å². The molecule has 0 radical (unpaired) electrons. The molecule has 0 aliphatic carbocycles. The first-order valence-corrected chi connectivity index (χ1v) is 6.16. The second-order valence-electron chi connectivity index (χ2n) is 5.04. The molecule has 0 amide bonds. The Bertz CT molecular complexity index is 410. The molecule has 1 aromatic carbocycles. The molecule has 2 fully saturated rings. The van der Waals surface area contributed by atoms with Crippen molar-refractivity contribution in [3.8, 4) is 5.75 Å².